The van der Waals surface area contributed by atoms with Crippen molar-refractivity contribution >= 4 is 56.1 Å². The van der Waals surface area contributed by atoms with Gasteiger partial charge in [0.15, 0.2) is 0 Å². The standard InChI is InChI=1S/C36H28N2O6/c39-33(37-18-16-21-8-3-1-4-9-21)26-15-14-25-30-28-23(12-7-13-24(28)31(35(41)42)32(25)36(43)44)20-27(29(26)30)34(40)38-19-17-22-10-5-2-6-11-22/h1-15,20H,16-19H2,(H,37,39)(H,38,40)(H,41,42)(H,43,44). The van der Waals surface area contributed by atoms with Gasteiger partial charge in [-0.25, -0.2) is 9.59 Å². The molecule has 8 nitrogen and oxygen atoms in total. The Morgan fingerprint density at radius 2 is 1.05 bits per heavy atom. The molecule has 218 valence electrons. The number of hydrogen-bond donors (Lipinski definition) is 4. The van der Waals surface area contributed by atoms with Crippen LogP contribution < -0.4 is 10.6 Å². The average molecular weight is 585 g/mol. The number of rotatable bonds is 10. The van der Waals surface area contributed by atoms with Crippen LogP contribution in [-0.4, -0.2) is 47.1 Å². The molecule has 8 heteroatoms. The maximum absolute atomic E-state index is 13.8. The lowest BCUT2D eigenvalue weighted by molar-refractivity contribution is 0.0655. The molecule has 6 aromatic carbocycles. The summed E-state index contributed by atoms with van der Waals surface area (Å²) < 4.78 is 0. The third-order valence-electron chi connectivity index (χ3n) is 7.91. The smallest absolute Gasteiger partial charge is 0.337 e. The molecule has 0 saturated carbocycles. The zero-order valence-electron chi connectivity index (χ0n) is 23.6. The van der Waals surface area contributed by atoms with Crippen molar-refractivity contribution in [3.63, 3.8) is 0 Å². The first-order valence-corrected chi connectivity index (χ1v) is 14.2. The number of carboxylic acid groups (broad SMARTS) is 2. The van der Waals surface area contributed by atoms with Gasteiger partial charge >= 0.3 is 11.9 Å². The molecule has 0 aliphatic rings. The van der Waals surface area contributed by atoms with Gasteiger partial charge in [0.1, 0.15) is 0 Å². The summed E-state index contributed by atoms with van der Waals surface area (Å²) in [7, 11) is 0. The Labute approximate surface area is 252 Å². The van der Waals surface area contributed by atoms with Gasteiger partial charge < -0.3 is 20.8 Å². The molecule has 6 rings (SSSR count). The lowest BCUT2D eigenvalue weighted by atomic mass is 9.83. The highest BCUT2D eigenvalue weighted by molar-refractivity contribution is 6.36. The molecular formula is C36H28N2O6. The third-order valence-corrected chi connectivity index (χ3v) is 7.91. The highest BCUT2D eigenvalue weighted by Crippen LogP contribution is 2.42. The predicted molar refractivity (Wildman–Crippen MR) is 169 cm³/mol. The molecule has 4 N–H and O–H groups in total. The summed E-state index contributed by atoms with van der Waals surface area (Å²) in [5.74, 6) is -3.63. The molecule has 0 spiro atoms. The van der Waals surface area contributed by atoms with E-state index in [1.54, 1.807) is 24.3 Å². The topological polar surface area (TPSA) is 133 Å². The molecule has 0 aliphatic heterocycles. The number of aromatic carboxylic acids is 2. The molecule has 0 unspecified atom stereocenters. The van der Waals surface area contributed by atoms with Gasteiger partial charge in [-0.3, -0.25) is 9.59 Å². The maximum Gasteiger partial charge on any atom is 0.337 e. The Morgan fingerprint density at radius 1 is 0.523 bits per heavy atom. The van der Waals surface area contributed by atoms with Crippen LogP contribution in [0.5, 0.6) is 0 Å². The zero-order valence-corrected chi connectivity index (χ0v) is 23.6. The van der Waals surface area contributed by atoms with E-state index in [0.29, 0.717) is 42.1 Å². The van der Waals surface area contributed by atoms with Crippen molar-refractivity contribution in [3.05, 3.63) is 130 Å². The van der Waals surface area contributed by atoms with E-state index in [4.69, 9.17) is 0 Å². The van der Waals surface area contributed by atoms with Crippen LogP contribution in [-0.2, 0) is 12.8 Å². The largest absolute Gasteiger partial charge is 0.478 e. The monoisotopic (exact) mass is 584 g/mol. The van der Waals surface area contributed by atoms with Crippen LogP contribution >= 0.6 is 0 Å². The van der Waals surface area contributed by atoms with Crippen LogP contribution in [0.4, 0.5) is 0 Å². The fraction of sp³-hybridized carbons (Fsp3) is 0.111. The maximum atomic E-state index is 13.8. The first-order chi connectivity index (χ1) is 21.3. The van der Waals surface area contributed by atoms with E-state index < -0.39 is 23.8 Å². The predicted octanol–water partition coefficient (Wildman–Crippen LogP) is 5.93. The first kappa shape index (κ1) is 28.4. The van der Waals surface area contributed by atoms with Crippen LogP contribution in [0.15, 0.2) is 97.1 Å². The number of carbonyl (C=O) groups is 4. The second kappa shape index (κ2) is 11.9. The number of carboxylic acids is 2. The van der Waals surface area contributed by atoms with Crippen molar-refractivity contribution in [3.8, 4) is 0 Å². The number of hydrogen-bond acceptors (Lipinski definition) is 4. The van der Waals surface area contributed by atoms with Gasteiger partial charge in [0.25, 0.3) is 11.8 Å². The fourth-order valence-corrected chi connectivity index (χ4v) is 5.96. The Kier molecular flexibility index (Phi) is 7.64. The molecule has 0 aliphatic carbocycles. The van der Waals surface area contributed by atoms with Gasteiger partial charge in [0.05, 0.1) is 11.1 Å². The van der Waals surface area contributed by atoms with Crippen LogP contribution in [0.2, 0.25) is 0 Å². The summed E-state index contributed by atoms with van der Waals surface area (Å²) in [5, 5.41) is 28.3. The molecule has 0 radical (unpaired) electrons. The quantitative estimate of drug-likeness (QED) is 0.148. The van der Waals surface area contributed by atoms with Crippen LogP contribution in [0.3, 0.4) is 0 Å². The summed E-state index contributed by atoms with van der Waals surface area (Å²) in [5.41, 5.74) is 1.78. The van der Waals surface area contributed by atoms with Crippen LogP contribution in [0, 0.1) is 0 Å². The lowest BCUT2D eigenvalue weighted by Crippen LogP contribution is -2.28. The number of benzene rings is 6. The van der Waals surface area contributed by atoms with Gasteiger partial charge in [-0.05, 0) is 63.0 Å². The molecule has 0 aromatic heterocycles. The van der Waals surface area contributed by atoms with Crippen molar-refractivity contribution in [2.24, 2.45) is 0 Å². The van der Waals surface area contributed by atoms with E-state index >= 15 is 0 Å². The second-order valence-electron chi connectivity index (χ2n) is 10.6. The Hall–Kier alpha value is -5.76. The van der Waals surface area contributed by atoms with Crippen molar-refractivity contribution in [2.45, 2.75) is 12.8 Å². The summed E-state index contributed by atoms with van der Waals surface area (Å²) in [4.78, 5) is 52.5. The second-order valence-corrected chi connectivity index (χ2v) is 10.6. The fourth-order valence-electron chi connectivity index (χ4n) is 5.96. The zero-order chi connectivity index (χ0) is 30.8. The minimum atomic E-state index is -1.41. The Balaban J connectivity index is 1.51. The minimum absolute atomic E-state index is 0.147. The number of carbonyl (C=O) groups excluding carboxylic acids is 2. The molecule has 0 heterocycles. The van der Waals surface area contributed by atoms with E-state index in [1.165, 1.54) is 12.1 Å². The van der Waals surface area contributed by atoms with Gasteiger partial charge in [-0.2, -0.15) is 0 Å². The van der Waals surface area contributed by atoms with Crippen molar-refractivity contribution in [2.75, 3.05) is 13.1 Å². The minimum Gasteiger partial charge on any atom is -0.478 e. The summed E-state index contributed by atoms with van der Waals surface area (Å²) in [6.07, 6.45) is 1.19. The highest BCUT2D eigenvalue weighted by Gasteiger charge is 2.29. The molecule has 0 atom stereocenters. The van der Waals surface area contributed by atoms with E-state index in [0.717, 1.165) is 11.1 Å². The molecule has 6 aromatic rings. The summed E-state index contributed by atoms with van der Waals surface area (Å²) in [6, 6.07) is 28.9. The molecule has 2 amide bonds. The van der Waals surface area contributed by atoms with Gasteiger partial charge in [-0.15, -0.1) is 0 Å². The Morgan fingerprint density at radius 3 is 1.59 bits per heavy atom. The van der Waals surface area contributed by atoms with Gasteiger partial charge in [0.2, 0.25) is 0 Å². The van der Waals surface area contributed by atoms with Crippen LogP contribution in [0.1, 0.15) is 52.6 Å². The molecule has 0 bridgehead atoms. The van der Waals surface area contributed by atoms with Crippen molar-refractivity contribution in [1.82, 2.24) is 10.6 Å². The SMILES string of the molecule is O=C(O)c1c(C(=O)O)c2ccc(C(=O)NCCc3ccccc3)c3c(C(=O)NCCc4ccccc4)cc4cccc1c4c23. The van der Waals surface area contributed by atoms with Gasteiger partial charge in [0, 0.05) is 29.6 Å². The van der Waals surface area contributed by atoms with E-state index in [-0.39, 0.29) is 38.4 Å². The number of nitrogens with one attached hydrogen (secondary N) is 2. The van der Waals surface area contributed by atoms with E-state index in [1.807, 2.05) is 60.7 Å². The van der Waals surface area contributed by atoms with Crippen LogP contribution in [0.25, 0.3) is 32.3 Å². The normalized spacial score (nSPS) is 11.2. The first-order valence-electron chi connectivity index (χ1n) is 14.2. The molecule has 0 saturated heterocycles. The van der Waals surface area contributed by atoms with E-state index in [9.17, 15) is 29.4 Å². The highest BCUT2D eigenvalue weighted by atomic mass is 16.4. The van der Waals surface area contributed by atoms with Gasteiger partial charge in [-0.1, -0.05) is 84.9 Å². The molecular weight excluding hydrogens is 556 g/mol. The van der Waals surface area contributed by atoms with Crippen molar-refractivity contribution in [1.29, 1.82) is 0 Å². The summed E-state index contributed by atoms with van der Waals surface area (Å²) in [6.45, 7) is 0.678. The molecule has 44 heavy (non-hydrogen) atoms. The lowest BCUT2D eigenvalue weighted by Gasteiger charge is -2.20. The third kappa shape index (κ3) is 5.18. The summed E-state index contributed by atoms with van der Waals surface area (Å²) >= 11 is 0. The van der Waals surface area contributed by atoms with E-state index in [2.05, 4.69) is 10.6 Å². The molecule has 0 fully saturated rings. The average Bonchev–Trinajstić information content (AvgIpc) is 3.03. The van der Waals surface area contributed by atoms with Crippen molar-refractivity contribution < 1.29 is 29.4 Å². The Bertz CT molecular complexity index is 2050. The number of amides is 2.